The van der Waals surface area contributed by atoms with Crippen molar-refractivity contribution in [3.63, 3.8) is 0 Å². The minimum Gasteiger partial charge on any atom is -0.451 e. The highest BCUT2D eigenvalue weighted by Gasteiger charge is 2.54. The summed E-state index contributed by atoms with van der Waals surface area (Å²) in [5.74, 6) is -3.52. The molecule has 1 fully saturated rings. The lowest BCUT2D eigenvalue weighted by molar-refractivity contribution is -0.0658. The molecular weight excluding hydrogens is 594 g/mol. The summed E-state index contributed by atoms with van der Waals surface area (Å²) in [6.45, 7) is 5.00. The number of ether oxygens (including phenoxy) is 3. The average Bonchev–Trinajstić information content (AvgIpc) is 3.34. The molecule has 12 nitrogen and oxygen atoms in total. The van der Waals surface area contributed by atoms with Gasteiger partial charge in [-0.05, 0) is 39.2 Å². The van der Waals surface area contributed by atoms with Gasteiger partial charge in [0.1, 0.15) is 17.2 Å². The van der Waals surface area contributed by atoms with E-state index < -0.39 is 64.8 Å². The fraction of sp³-hybridized carbons (Fsp3) is 0.516. The van der Waals surface area contributed by atoms with Gasteiger partial charge >= 0.3 is 6.16 Å². The summed E-state index contributed by atoms with van der Waals surface area (Å²) >= 11 is 0. The number of aromatic nitrogens is 1. The van der Waals surface area contributed by atoms with Crippen molar-refractivity contribution in [1.82, 2.24) is 14.8 Å². The molecule has 2 aromatic rings. The van der Waals surface area contributed by atoms with Gasteiger partial charge in [-0.3, -0.25) is 14.4 Å². The van der Waals surface area contributed by atoms with Gasteiger partial charge in [0.15, 0.2) is 11.3 Å². The number of oxime groups is 1. The molecule has 45 heavy (non-hydrogen) atoms. The van der Waals surface area contributed by atoms with Crippen LogP contribution in [-0.4, -0.2) is 64.7 Å². The Bertz CT molecular complexity index is 1580. The number of carbonyl (C=O) groups excluding carboxylic acids is 3. The zero-order chi connectivity index (χ0) is 32.3. The van der Waals surface area contributed by atoms with Gasteiger partial charge in [-0.1, -0.05) is 31.0 Å². The van der Waals surface area contributed by atoms with Gasteiger partial charge in [-0.15, -0.1) is 0 Å². The van der Waals surface area contributed by atoms with E-state index in [0.717, 1.165) is 24.6 Å². The molecule has 0 saturated carbocycles. The number of pyridine rings is 1. The maximum Gasteiger partial charge on any atom is 0.511 e. The lowest BCUT2D eigenvalue weighted by Gasteiger charge is -2.42. The van der Waals surface area contributed by atoms with E-state index in [-0.39, 0.29) is 38.4 Å². The summed E-state index contributed by atoms with van der Waals surface area (Å²) < 4.78 is 44.8. The summed E-state index contributed by atoms with van der Waals surface area (Å²) in [6.07, 6.45) is 4.32. The van der Waals surface area contributed by atoms with Crippen LogP contribution in [0.4, 0.5) is 13.6 Å². The van der Waals surface area contributed by atoms with Gasteiger partial charge < -0.3 is 33.8 Å². The summed E-state index contributed by atoms with van der Waals surface area (Å²) in [5.41, 5.74) is -1.57. The van der Waals surface area contributed by atoms with E-state index in [1.54, 1.807) is 4.90 Å². The number of amides is 2. The van der Waals surface area contributed by atoms with Gasteiger partial charge in [0.05, 0.1) is 18.4 Å². The Hall–Kier alpha value is -4.49. The maximum absolute atomic E-state index is 14.3. The standard InChI is InChI=1S/C31H36F2N4O8.H2/c1-4-5-6-11-42-30(41)44-17-43-27-25-29(40)36-16-24(31(10-9-19(36)3)13-18(2)35-45-31)37(25)15-22(26(27)38)28(39)34-14-20-7-8-21(32)12-23(20)33;/h7-8,12,15,19,24H,4-6,9-11,13-14,16-17H2,1-3H3,(H,34,39);1H/t19-,24+,31-;/m0./s1. The van der Waals surface area contributed by atoms with E-state index in [1.165, 1.54) is 16.8 Å². The number of carbonyl (C=O) groups is 3. The van der Waals surface area contributed by atoms with E-state index in [0.29, 0.717) is 31.7 Å². The molecule has 0 aliphatic carbocycles. The first-order chi connectivity index (χ1) is 21.5. The monoisotopic (exact) mass is 632 g/mol. The Kier molecular flexibility index (Phi) is 9.40. The SMILES string of the molecule is CCCCCOC(=O)OCOc1c2n(cc(C(=O)NCc3ccc(F)cc3F)c1=O)[C@@H]1CN(C2=O)[C@@H](C)CC[C@]12CC(C)=NO2.[HH]. The van der Waals surface area contributed by atoms with Crippen LogP contribution in [0.25, 0.3) is 0 Å². The molecule has 0 unspecified atom stereocenters. The first kappa shape index (κ1) is 31.9. The van der Waals surface area contributed by atoms with Crippen molar-refractivity contribution >= 4 is 23.7 Å². The molecule has 0 radical (unpaired) electrons. The Labute approximate surface area is 259 Å². The highest BCUT2D eigenvalue weighted by molar-refractivity contribution is 5.99. The van der Waals surface area contributed by atoms with Crippen LogP contribution in [0, 0.1) is 11.6 Å². The van der Waals surface area contributed by atoms with Crippen LogP contribution in [0.1, 0.15) is 93.2 Å². The summed E-state index contributed by atoms with van der Waals surface area (Å²) in [7, 11) is 0. The Balaban J connectivity index is 0.00000480. The minimum atomic E-state index is -1.02. The molecule has 1 saturated heterocycles. The molecule has 2 bridgehead atoms. The molecule has 3 aliphatic rings. The Morgan fingerprint density at radius 1 is 1.22 bits per heavy atom. The van der Waals surface area contributed by atoms with Crippen LogP contribution >= 0.6 is 0 Å². The average molecular weight is 633 g/mol. The topological polar surface area (TPSA) is 138 Å². The Morgan fingerprint density at radius 2 is 2.02 bits per heavy atom. The number of nitrogens with zero attached hydrogens (tertiary/aromatic N) is 3. The maximum atomic E-state index is 14.3. The quantitative estimate of drug-likeness (QED) is 0.226. The highest BCUT2D eigenvalue weighted by atomic mass is 19.1. The van der Waals surface area contributed by atoms with Crippen molar-refractivity contribution in [3.8, 4) is 5.75 Å². The van der Waals surface area contributed by atoms with E-state index in [1.807, 2.05) is 20.8 Å². The van der Waals surface area contributed by atoms with Gasteiger partial charge in [-0.25, -0.2) is 13.6 Å². The third kappa shape index (κ3) is 6.50. The van der Waals surface area contributed by atoms with Crippen LogP contribution in [0.2, 0.25) is 0 Å². The lowest BCUT2D eigenvalue weighted by Crippen LogP contribution is -2.52. The summed E-state index contributed by atoms with van der Waals surface area (Å²) in [6, 6.07) is 2.15. The number of nitrogens with one attached hydrogen (secondary N) is 1. The largest absolute Gasteiger partial charge is 0.511 e. The zero-order valence-electron chi connectivity index (χ0n) is 25.4. The number of hydrogen-bond acceptors (Lipinski definition) is 9. The fourth-order valence-electron chi connectivity index (χ4n) is 6.03. The van der Waals surface area contributed by atoms with Crippen molar-refractivity contribution in [2.75, 3.05) is 19.9 Å². The fourth-order valence-corrected chi connectivity index (χ4v) is 6.03. The highest BCUT2D eigenvalue weighted by Crippen LogP contribution is 2.46. The Morgan fingerprint density at radius 3 is 2.73 bits per heavy atom. The van der Waals surface area contributed by atoms with E-state index in [2.05, 4.69) is 10.5 Å². The van der Waals surface area contributed by atoms with Crippen molar-refractivity contribution in [3.05, 3.63) is 63.1 Å². The van der Waals surface area contributed by atoms with Crippen molar-refractivity contribution < 1.29 is 43.6 Å². The molecule has 3 aliphatic heterocycles. The van der Waals surface area contributed by atoms with Crippen LogP contribution in [0.5, 0.6) is 5.75 Å². The summed E-state index contributed by atoms with van der Waals surface area (Å²) in [5, 5.41) is 6.68. The molecule has 1 aromatic carbocycles. The minimum absolute atomic E-state index is 0. The molecule has 1 spiro atoms. The first-order valence-corrected chi connectivity index (χ1v) is 15.0. The van der Waals surface area contributed by atoms with Crippen molar-refractivity contribution in [2.24, 2.45) is 5.16 Å². The smallest absolute Gasteiger partial charge is 0.451 e. The molecule has 3 atom stereocenters. The van der Waals surface area contributed by atoms with E-state index >= 15 is 0 Å². The second-order valence-electron chi connectivity index (χ2n) is 11.6. The predicted octanol–water partition coefficient (Wildman–Crippen LogP) is 4.70. The van der Waals surface area contributed by atoms with Crippen molar-refractivity contribution in [1.29, 1.82) is 0 Å². The number of hydrogen-bond donors (Lipinski definition) is 1. The second kappa shape index (κ2) is 13.2. The summed E-state index contributed by atoms with van der Waals surface area (Å²) in [4.78, 5) is 60.9. The number of fused-ring (bicyclic) bond motifs is 5. The molecule has 2 amide bonds. The van der Waals surface area contributed by atoms with E-state index in [4.69, 9.17) is 19.0 Å². The first-order valence-electron chi connectivity index (χ1n) is 15.0. The molecule has 1 aromatic heterocycles. The molecule has 5 rings (SSSR count). The number of halogens is 2. The zero-order valence-corrected chi connectivity index (χ0v) is 25.4. The molecular formula is C31H38F2N4O8. The third-order valence-corrected chi connectivity index (χ3v) is 8.47. The van der Waals surface area contributed by atoms with Gasteiger partial charge in [0.25, 0.3) is 11.8 Å². The molecule has 1 N–H and O–H groups in total. The number of unbranched alkanes of at least 4 members (excludes halogenated alkanes) is 2. The number of benzene rings is 1. The van der Waals surface area contributed by atoms with Crippen LogP contribution in [-0.2, 0) is 20.9 Å². The van der Waals surface area contributed by atoms with E-state index in [9.17, 15) is 28.0 Å². The van der Waals surface area contributed by atoms with Gasteiger partial charge in [0, 0.05) is 44.8 Å². The van der Waals surface area contributed by atoms with Crippen LogP contribution in [0.3, 0.4) is 0 Å². The number of rotatable bonds is 10. The predicted molar refractivity (Wildman–Crippen MR) is 158 cm³/mol. The van der Waals surface area contributed by atoms with Crippen LogP contribution < -0.4 is 15.5 Å². The van der Waals surface area contributed by atoms with Crippen molar-refractivity contribution in [2.45, 2.75) is 83.5 Å². The van der Waals surface area contributed by atoms with Gasteiger partial charge in [-0.2, -0.15) is 0 Å². The second-order valence-corrected chi connectivity index (χ2v) is 11.6. The van der Waals surface area contributed by atoms with Gasteiger partial charge in [0.2, 0.25) is 18.0 Å². The normalized spacial score (nSPS) is 21.8. The molecule has 4 heterocycles. The van der Waals surface area contributed by atoms with Crippen LogP contribution in [0.15, 0.2) is 34.3 Å². The lowest BCUT2D eigenvalue weighted by atomic mass is 9.84. The third-order valence-electron chi connectivity index (χ3n) is 8.47. The molecule has 14 heteroatoms. The molecule has 244 valence electrons.